The Bertz CT molecular complexity index is 879. The number of benzene rings is 3. The third-order valence-electron chi connectivity index (χ3n) is 2.90. The SMILES string of the molecule is C#Cc1cccc2cc3ccccc3cc12.O=P([O-])([O-])[O-].[NH4+].[NH4+].[NH4+]. The standard InChI is InChI=1S/C16H10.3H3N.H3O4P/c1-2-12-8-5-9-15-10-13-6-3-4-7-14(13)11-16(12)15;;;;1-5(2,3)4/h1,3-11H;3*1H3;(H3,1,2,3,4). The Morgan fingerprint density at radius 2 is 1.25 bits per heavy atom. The molecule has 3 aromatic carbocycles. The Kier molecular flexibility index (Phi) is 9.77. The number of rotatable bonds is 0. The van der Waals surface area contributed by atoms with Gasteiger partial charge in [-0.05, 0) is 39.7 Å². The van der Waals surface area contributed by atoms with Crippen LogP contribution in [0.3, 0.4) is 0 Å². The molecule has 3 rings (SSSR count). The van der Waals surface area contributed by atoms with Gasteiger partial charge in [0.2, 0.25) is 0 Å². The van der Waals surface area contributed by atoms with Crippen molar-refractivity contribution in [3.8, 4) is 12.3 Å². The smallest absolute Gasteiger partial charge is 0.0321 e. The molecule has 0 unspecified atom stereocenters. The van der Waals surface area contributed by atoms with Gasteiger partial charge < -0.3 is 37.7 Å². The lowest BCUT2D eigenvalue weighted by atomic mass is 10.0. The van der Waals surface area contributed by atoms with Crippen molar-refractivity contribution in [1.29, 1.82) is 0 Å². The maximum atomic E-state index is 8.55. The van der Waals surface area contributed by atoms with Crippen LogP contribution in [0.2, 0.25) is 0 Å². The zero-order valence-corrected chi connectivity index (χ0v) is 14.7. The highest BCUT2D eigenvalue weighted by atomic mass is 31.2. The fourth-order valence-electron chi connectivity index (χ4n) is 2.09. The van der Waals surface area contributed by atoms with Crippen LogP contribution in [0.4, 0.5) is 0 Å². The van der Waals surface area contributed by atoms with Gasteiger partial charge in [-0.1, -0.05) is 42.3 Å². The van der Waals surface area contributed by atoms with Crippen LogP contribution in [-0.2, 0) is 4.57 Å². The van der Waals surface area contributed by atoms with Crippen LogP contribution in [0.25, 0.3) is 21.5 Å². The molecular formula is C16H22N3O4P. The minimum absolute atomic E-state index is 0. The van der Waals surface area contributed by atoms with Crippen LogP contribution in [0.5, 0.6) is 0 Å². The summed E-state index contributed by atoms with van der Waals surface area (Å²) in [6.07, 6.45) is 5.51. The predicted molar refractivity (Wildman–Crippen MR) is 94.9 cm³/mol. The third kappa shape index (κ3) is 6.46. The Labute approximate surface area is 140 Å². The zero-order chi connectivity index (χ0) is 15.5. The summed E-state index contributed by atoms with van der Waals surface area (Å²) in [7, 11) is -5.39. The van der Waals surface area contributed by atoms with Crippen molar-refractivity contribution in [2.45, 2.75) is 0 Å². The molecule has 24 heavy (non-hydrogen) atoms. The van der Waals surface area contributed by atoms with Gasteiger partial charge in [0.1, 0.15) is 0 Å². The summed E-state index contributed by atoms with van der Waals surface area (Å²) in [6.45, 7) is 0. The molecule has 0 amide bonds. The highest BCUT2D eigenvalue weighted by Gasteiger charge is 2.00. The van der Waals surface area contributed by atoms with Crippen LogP contribution >= 0.6 is 7.82 Å². The topological polar surface area (TPSA) is 196 Å². The van der Waals surface area contributed by atoms with Gasteiger partial charge in [0.15, 0.2) is 0 Å². The quantitative estimate of drug-likeness (QED) is 0.317. The Morgan fingerprint density at radius 3 is 1.75 bits per heavy atom. The van der Waals surface area contributed by atoms with E-state index in [1.165, 1.54) is 16.2 Å². The summed E-state index contributed by atoms with van der Waals surface area (Å²) in [4.78, 5) is 25.6. The minimum Gasteiger partial charge on any atom is -0.822 e. The van der Waals surface area contributed by atoms with Crippen LogP contribution in [0, 0.1) is 12.3 Å². The van der Waals surface area contributed by atoms with Crippen molar-refractivity contribution >= 4 is 29.4 Å². The van der Waals surface area contributed by atoms with E-state index in [0.717, 1.165) is 10.9 Å². The monoisotopic (exact) mass is 351 g/mol. The van der Waals surface area contributed by atoms with E-state index in [4.69, 9.17) is 25.7 Å². The molecule has 0 saturated heterocycles. The molecule has 12 N–H and O–H groups in total. The fourth-order valence-corrected chi connectivity index (χ4v) is 2.09. The molecule has 3 aromatic rings. The number of terminal acetylenes is 1. The van der Waals surface area contributed by atoms with Crippen LogP contribution in [-0.4, -0.2) is 0 Å². The van der Waals surface area contributed by atoms with Gasteiger partial charge in [-0.2, -0.15) is 7.82 Å². The molecule has 0 aliphatic carbocycles. The largest absolute Gasteiger partial charge is 0.822 e. The first-order valence-corrected chi connectivity index (χ1v) is 7.46. The van der Waals surface area contributed by atoms with Crippen molar-refractivity contribution in [2.24, 2.45) is 0 Å². The summed E-state index contributed by atoms with van der Waals surface area (Å²) in [5.74, 6) is 2.73. The molecule has 0 aliphatic heterocycles. The molecular weight excluding hydrogens is 329 g/mol. The average Bonchev–Trinajstić information content (AvgIpc) is 2.42. The second kappa shape index (κ2) is 9.78. The molecule has 0 heterocycles. The van der Waals surface area contributed by atoms with Gasteiger partial charge in [0, 0.05) is 5.56 Å². The molecule has 0 atom stereocenters. The summed E-state index contributed by atoms with van der Waals surface area (Å²) in [5.41, 5.74) is 0.961. The van der Waals surface area contributed by atoms with Crippen LogP contribution in [0.15, 0.2) is 54.6 Å². The lowest BCUT2D eigenvalue weighted by Crippen LogP contribution is -2.24. The lowest BCUT2D eigenvalue weighted by molar-refractivity contribution is -0.432. The van der Waals surface area contributed by atoms with Crippen molar-refractivity contribution in [3.63, 3.8) is 0 Å². The Morgan fingerprint density at radius 1 is 0.792 bits per heavy atom. The van der Waals surface area contributed by atoms with Gasteiger partial charge in [-0.25, -0.2) is 0 Å². The summed E-state index contributed by atoms with van der Waals surface area (Å²) in [5, 5.41) is 4.85. The van der Waals surface area contributed by atoms with E-state index < -0.39 is 7.82 Å². The maximum Gasteiger partial charge on any atom is 0.0321 e. The maximum absolute atomic E-state index is 8.55. The number of phosphoric acid groups is 1. The van der Waals surface area contributed by atoms with Crippen molar-refractivity contribution in [3.05, 3.63) is 60.2 Å². The number of quaternary nitrogens is 3. The number of fused-ring (bicyclic) bond motifs is 2. The van der Waals surface area contributed by atoms with E-state index in [0.29, 0.717) is 0 Å². The van der Waals surface area contributed by atoms with Crippen molar-refractivity contribution in [1.82, 2.24) is 18.5 Å². The van der Waals surface area contributed by atoms with Crippen molar-refractivity contribution < 1.29 is 19.2 Å². The lowest BCUT2D eigenvalue weighted by Gasteiger charge is -2.36. The number of hydrogen-bond acceptors (Lipinski definition) is 4. The van der Waals surface area contributed by atoms with Crippen LogP contribution < -0.4 is 33.1 Å². The van der Waals surface area contributed by atoms with Gasteiger partial charge in [-0.3, -0.25) is 0 Å². The second-order valence-electron chi connectivity index (χ2n) is 4.32. The molecule has 0 fully saturated rings. The highest BCUT2D eigenvalue weighted by molar-refractivity contribution is 7.40. The number of hydrogen-bond donors (Lipinski definition) is 3. The first kappa shape index (κ1) is 24.0. The van der Waals surface area contributed by atoms with Gasteiger partial charge in [0.25, 0.3) is 0 Å². The summed E-state index contributed by atoms with van der Waals surface area (Å²) >= 11 is 0. The molecule has 0 aromatic heterocycles. The van der Waals surface area contributed by atoms with Gasteiger partial charge in [0.05, 0.1) is 0 Å². The van der Waals surface area contributed by atoms with E-state index in [1.54, 1.807) is 0 Å². The first-order chi connectivity index (χ1) is 9.88. The van der Waals surface area contributed by atoms with E-state index in [9.17, 15) is 0 Å². The van der Waals surface area contributed by atoms with E-state index in [1.807, 2.05) is 18.2 Å². The second-order valence-corrected chi connectivity index (χ2v) is 5.21. The molecule has 7 nitrogen and oxygen atoms in total. The average molecular weight is 351 g/mol. The fraction of sp³-hybridized carbons (Fsp3) is 0. The first-order valence-electron chi connectivity index (χ1n) is 6.00. The Hall–Kier alpha value is -2.27. The van der Waals surface area contributed by atoms with Crippen LogP contribution in [0.1, 0.15) is 5.56 Å². The zero-order valence-electron chi connectivity index (χ0n) is 13.9. The summed E-state index contributed by atoms with van der Waals surface area (Å²) < 4.78 is 8.55. The molecule has 8 heteroatoms. The van der Waals surface area contributed by atoms with E-state index in [2.05, 4.69) is 42.3 Å². The molecule has 0 bridgehead atoms. The molecule has 0 radical (unpaired) electrons. The molecule has 0 saturated carbocycles. The molecule has 130 valence electrons. The van der Waals surface area contributed by atoms with Gasteiger partial charge in [-0.15, -0.1) is 6.42 Å². The molecule has 0 spiro atoms. The molecule has 0 aliphatic rings. The van der Waals surface area contributed by atoms with Gasteiger partial charge >= 0.3 is 0 Å². The third-order valence-corrected chi connectivity index (χ3v) is 2.90. The summed E-state index contributed by atoms with van der Waals surface area (Å²) in [6, 6.07) is 18.8. The highest BCUT2D eigenvalue weighted by Crippen LogP contribution is 2.24. The van der Waals surface area contributed by atoms with Crippen molar-refractivity contribution in [2.75, 3.05) is 0 Å². The minimum atomic E-state index is -5.39. The van der Waals surface area contributed by atoms with E-state index in [-0.39, 0.29) is 18.5 Å². The Balaban J connectivity index is 0. The van der Waals surface area contributed by atoms with E-state index >= 15 is 0 Å². The predicted octanol–water partition coefficient (Wildman–Crippen LogP) is 2.28. The normalized spacial score (nSPS) is 9.42.